The molecule has 0 atom stereocenters. The molecule has 0 aliphatic carbocycles. The third kappa shape index (κ3) is 6.68. The number of aromatic nitrogens is 3. The zero-order valence-corrected chi connectivity index (χ0v) is 20.9. The fourth-order valence-corrected chi connectivity index (χ4v) is 4.22. The standard InChI is InChI=1S/C27H35N7O/c1-21(35)32(2)15-8-16-33(3)26-12-11-22(20-29-26)25-13-14-28-27(31-25)30-23-9-7-10-24(19-23)34-17-5-4-6-18-34/h7,9-14,19-20H,4-6,8,15-18H2,1-3H3,(H,28,30,31). The van der Waals surface area contributed by atoms with Crippen LogP contribution in [0.15, 0.2) is 54.9 Å². The summed E-state index contributed by atoms with van der Waals surface area (Å²) in [7, 11) is 3.84. The highest BCUT2D eigenvalue weighted by molar-refractivity contribution is 5.72. The van der Waals surface area contributed by atoms with Gasteiger partial charge in [0.1, 0.15) is 5.82 Å². The molecular weight excluding hydrogens is 438 g/mol. The van der Waals surface area contributed by atoms with Crippen molar-refractivity contribution >= 4 is 29.0 Å². The summed E-state index contributed by atoms with van der Waals surface area (Å²) in [5.41, 5.74) is 3.98. The molecule has 3 heterocycles. The van der Waals surface area contributed by atoms with Gasteiger partial charge in [0.25, 0.3) is 0 Å². The summed E-state index contributed by atoms with van der Waals surface area (Å²) in [4.78, 5) is 31.4. The van der Waals surface area contributed by atoms with Crippen molar-refractivity contribution in [3.63, 3.8) is 0 Å². The molecular formula is C27H35N7O. The second kappa shape index (κ2) is 11.6. The van der Waals surface area contributed by atoms with E-state index in [2.05, 4.69) is 43.3 Å². The number of piperidine rings is 1. The molecule has 0 saturated carbocycles. The first kappa shape index (κ1) is 24.4. The van der Waals surface area contributed by atoms with E-state index in [1.54, 1.807) is 18.0 Å². The minimum absolute atomic E-state index is 0.0866. The van der Waals surface area contributed by atoms with Gasteiger partial charge in [0.05, 0.1) is 5.69 Å². The molecule has 1 aliphatic heterocycles. The first-order valence-corrected chi connectivity index (χ1v) is 12.3. The van der Waals surface area contributed by atoms with Crippen molar-refractivity contribution in [1.82, 2.24) is 19.9 Å². The molecule has 1 aliphatic rings. The van der Waals surface area contributed by atoms with E-state index in [1.165, 1.54) is 24.9 Å². The van der Waals surface area contributed by atoms with Crippen molar-refractivity contribution in [2.45, 2.75) is 32.6 Å². The summed E-state index contributed by atoms with van der Waals surface area (Å²) < 4.78 is 0. The van der Waals surface area contributed by atoms with Gasteiger partial charge in [-0.1, -0.05) is 6.07 Å². The predicted octanol–water partition coefficient (Wildman–Crippen LogP) is 4.58. The molecule has 0 unspecified atom stereocenters. The normalized spacial score (nSPS) is 13.4. The smallest absolute Gasteiger partial charge is 0.227 e. The van der Waals surface area contributed by atoms with Crippen molar-refractivity contribution in [2.75, 3.05) is 55.4 Å². The summed E-state index contributed by atoms with van der Waals surface area (Å²) in [6.45, 7) is 5.37. The third-order valence-electron chi connectivity index (χ3n) is 6.44. The minimum atomic E-state index is 0.0866. The van der Waals surface area contributed by atoms with Gasteiger partial charge in [0.2, 0.25) is 11.9 Å². The highest BCUT2D eigenvalue weighted by atomic mass is 16.2. The lowest BCUT2D eigenvalue weighted by Crippen LogP contribution is -2.29. The van der Waals surface area contributed by atoms with Crippen LogP contribution in [0.5, 0.6) is 0 Å². The van der Waals surface area contributed by atoms with Crippen molar-refractivity contribution in [3.05, 3.63) is 54.9 Å². The summed E-state index contributed by atoms with van der Waals surface area (Å²) in [6.07, 6.45) is 8.32. The molecule has 3 aromatic rings. The van der Waals surface area contributed by atoms with Crippen molar-refractivity contribution < 1.29 is 4.79 Å². The lowest BCUT2D eigenvalue weighted by molar-refractivity contribution is -0.127. The van der Waals surface area contributed by atoms with Gasteiger partial charge in [-0.3, -0.25) is 4.79 Å². The van der Waals surface area contributed by atoms with E-state index in [0.717, 1.165) is 55.4 Å². The summed E-state index contributed by atoms with van der Waals surface area (Å²) >= 11 is 0. The van der Waals surface area contributed by atoms with Gasteiger partial charge >= 0.3 is 0 Å². The monoisotopic (exact) mass is 473 g/mol. The molecule has 1 fully saturated rings. The zero-order chi connectivity index (χ0) is 24.6. The number of hydrogen-bond acceptors (Lipinski definition) is 7. The lowest BCUT2D eigenvalue weighted by atomic mass is 10.1. The number of carbonyl (C=O) groups excluding carboxylic acids is 1. The molecule has 8 nitrogen and oxygen atoms in total. The van der Waals surface area contributed by atoms with E-state index in [9.17, 15) is 4.79 Å². The average Bonchev–Trinajstić information content (AvgIpc) is 2.89. The molecule has 4 rings (SSSR count). The van der Waals surface area contributed by atoms with Crippen LogP contribution < -0.4 is 15.1 Å². The Morgan fingerprint density at radius 2 is 1.86 bits per heavy atom. The number of amides is 1. The van der Waals surface area contributed by atoms with Gasteiger partial charge < -0.3 is 20.0 Å². The fourth-order valence-electron chi connectivity index (χ4n) is 4.22. The second-order valence-electron chi connectivity index (χ2n) is 9.11. The second-order valence-corrected chi connectivity index (χ2v) is 9.11. The van der Waals surface area contributed by atoms with Crippen LogP contribution in [0.2, 0.25) is 0 Å². The van der Waals surface area contributed by atoms with Crippen LogP contribution in [0.4, 0.5) is 23.1 Å². The van der Waals surface area contributed by atoms with Gasteiger partial charge in [0.15, 0.2) is 0 Å². The van der Waals surface area contributed by atoms with Crippen LogP contribution in [0.1, 0.15) is 32.6 Å². The number of anilines is 4. The Hall–Kier alpha value is -3.68. The molecule has 0 bridgehead atoms. The lowest BCUT2D eigenvalue weighted by Gasteiger charge is -2.29. The van der Waals surface area contributed by atoms with Crippen molar-refractivity contribution in [1.29, 1.82) is 0 Å². The van der Waals surface area contributed by atoms with Crippen LogP contribution in [0.25, 0.3) is 11.3 Å². The number of nitrogens with one attached hydrogen (secondary N) is 1. The molecule has 1 amide bonds. The van der Waals surface area contributed by atoms with Gasteiger partial charge in [-0.25, -0.2) is 15.0 Å². The van der Waals surface area contributed by atoms with Gasteiger partial charge in [-0.15, -0.1) is 0 Å². The zero-order valence-electron chi connectivity index (χ0n) is 20.9. The van der Waals surface area contributed by atoms with Crippen LogP contribution in [0, 0.1) is 0 Å². The molecule has 2 aromatic heterocycles. The SMILES string of the molecule is CC(=O)N(C)CCCN(C)c1ccc(-c2ccnc(Nc3cccc(N4CCCCC4)c3)n2)cn1. The van der Waals surface area contributed by atoms with E-state index in [0.29, 0.717) is 5.95 Å². The Morgan fingerprint density at radius 3 is 2.60 bits per heavy atom. The number of nitrogens with zero attached hydrogens (tertiary/aromatic N) is 6. The third-order valence-corrected chi connectivity index (χ3v) is 6.44. The van der Waals surface area contributed by atoms with E-state index in [1.807, 2.05) is 44.6 Å². The molecule has 0 spiro atoms. The quantitative estimate of drug-likeness (QED) is 0.487. The van der Waals surface area contributed by atoms with Crippen LogP contribution in [0.3, 0.4) is 0 Å². The van der Waals surface area contributed by atoms with E-state index in [-0.39, 0.29) is 5.91 Å². The van der Waals surface area contributed by atoms with Crippen molar-refractivity contribution in [2.24, 2.45) is 0 Å². The van der Waals surface area contributed by atoms with Gasteiger partial charge in [-0.2, -0.15) is 0 Å². The minimum Gasteiger partial charge on any atom is -0.371 e. The Kier molecular flexibility index (Phi) is 8.13. The molecule has 35 heavy (non-hydrogen) atoms. The first-order valence-electron chi connectivity index (χ1n) is 12.3. The maximum Gasteiger partial charge on any atom is 0.227 e. The van der Waals surface area contributed by atoms with Gasteiger partial charge in [0, 0.05) is 76.5 Å². The highest BCUT2D eigenvalue weighted by Crippen LogP contribution is 2.25. The molecule has 184 valence electrons. The largest absolute Gasteiger partial charge is 0.371 e. The Balaban J connectivity index is 1.38. The van der Waals surface area contributed by atoms with Crippen LogP contribution in [-0.2, 0) is 4.79 Å². The van der Waals surface area contributed by atoms with Gasteiger partial charge in [-0.05, 0) is 62.1 Å². The molecule has 8 heteroatoms. The Bertz CT molecular complexity index is 1110. The Labute approximate surface area is 208 Å². The van der Waals surface area contributed by atoms with E-state index in [4.69, 9.17) is 4.98 Å². The summed E-state index contributed by atoms with van der Waals surface area (Å²) in [6, 6.07) is 14.4. The first-order chi connectivity index (χ1) is 17.0. The average molecular weight is 474 g/mol. The summed E-state index contributed by atoms with van der Waals surface area (Å²) in [5, 5.41) is 3.36. The van der Waals surface area contributed by atoms with Crippen LogP contribution in [-0.4, -0.2) is 66.0 Å². The summed E-state index contributed by atoms with van der Waals surface area (Å²) in [5.74, 6) is 1.54. The Morgan fingerprint density at radius 1 is 1.03 bits per heavy atom. The molecule has 1 saturated heterocycles. The number of rotatable bonds is 9. The fraction of sp³-hybridized carbons (Fsp3) is 0.407. The molecule has 1 aromatic carbocycles. The predicted molar refractivity (Wildman–Crippen MR) is 142 cm³/mol. The molecule has 0 radical (unpaired) electrons. The number of benzene rings is 1. The van der Waals surface area contributed by atoms with E-state index < -0.39 is 0 Å². The maximum atomic E-state index is 11.4. The maximum absolute atomic E-state index is 11.4. The van der Waals surface area contributed by atoms with Crippen molar-refractivity contribution in [3.8, 4) is 11.3 Å². The number of carbonyl (C=O) groups is 1. The number of pyridine rings is 1. The van der Waals surface area contributed by atoms with Crippen LogP contribution >= 0.6 is 0 Å². The number of hydrogen-bond donors (Lipinski definition) is 1. The topological polar surface area (TPSA) is 77.5 Å². The highest BCUT2D eigenvalue weighted by Gasteiger charge is 2.12. The van der Waals surface area contributed by atoms with E-state index >= 15 is 0 Å². The molecule has 1 N–H and O–H groups in total.